The van der Waals surface area contributed by atoms with Crippen LogP contribution in [0.3, 0.4) is 0 Å². The minimum atomic E-state index is 0.0448. The fourth-order valence-corrected chi connectivity index (χ4v) is 3.94. The highest BCUT2D eigenvalue weighted by Gasteiger charge is 2.25. The summed E-state index contributed by atoms with van der Waals surface area (Å²) in [7, 11) is 0. The lowest BCUT2D eigenvalue weighted by Gasteiger charge is -2.31. The molecule has 0 saturated carbocycles. The minimum absolute atomic E-state index is 0.0448. The van der Waals surface area contributed by atoms with E-state index < -0.39 is 0 Å². The van der Waals surface area contributed by atoms with E-state index in [0.29, 0.717) is 17.1 Å². The molecule has 29 heavy (non-hydrogen) atoms. The molecule has 5 nitrogen and oxygen atoms in total. The average Bonchev–Trinajstić information content (AvgIpc) is 2.74. The van der Waals surface area contributed by atoms with Crippen molar-refractivity contribution in [1.82, 2.24) is 14.9 Å². The van der Waals surface area contributed by atoms with Gasteiger partial charge in [0.25, 0.3) is 5.91 Å². The van der Waals surface area contributed by atoms with Crippen LogP contribution in [0.4, 0.5) is 11.4 Å². The van der Waals surface area contributed by atoms with Crippen LogP contribution in [0.2, 0.25) is 0 Å². The van der Waals surface area contributed by atoms with Crippen LogP contribution in [0, 0.1) is 12.8 Å². The summed E-state index contributed by atoms with van der Waals surface area (Å²) in [5, 5.41) is 4.43. The molecule has 1 aliphatic heterocycles. The number of hydrogen-bond donors (Lipinski definition) is 1. The minimum Gasteiger partial charge on any atom is -0.354 e. The molecule has 3 heterocycles. The molecule has 1 fully saturated rings. The number of piperidine rings is 1. The number of fused-ring (bicyclic) bond motifs is 1. The number of rotatable bonds is 4. The van der Waals surface area contributed by atoms with Gasteiger partial charge in [0.15, 0.2) is 5.65 Å². The number of pyridine rings is 2. The van der Waals surface area contributed by atoms with Gasteiger partial charge < -0.3 is 10.2 Å². The number of amides is 1. The van der Waals surface area contributed by atoms with Crippen LogP contribution in [-0.2, 0) is 6.42 Å². The van der Waals surface area contributed by atoms with E-state index in [1.165, 1.54) is 5.56 Å². The number of likely N-dealkylation sites (tertiary alicyclic amines) is 1. The van der Waals surface area contributed by atoms with Crippen LogP contribution >= 0.6 is 0 Å². The van der Waals surface area contributed by atoms with Crippen molar-refractivity contribution < 1.29 is 4.79 Å². The van der Waals surface area contributed by atoms with E-state index in [-0.39, 0.29) is 5.91 Å². The van der Waals surface area contributed by atoms with Gasteiger partial charge in [-0.25, -0.2) is 9.97 Å². The number of aryl methyl sites for hydroxylation is 2. The van der Waals surface area contributed by atoms with Gasteiger partial charge in [-0.1, -0.05) is 32.0 Å². The highest BCUT2D eigenvalue weighted by Crippen LogP contribution is 2.32. The molecule has 150 valence electrons. The predicted molar refractivity (Wildman–Crippen MR) is 118 cm³/mol. The number of benzene rings is 1. The molecule has 2 aromatic heterocycles. The number of anilines is 2. The quantitative estimate of drug-likeness (QED) is 0.674. The molecule has 1 aromatic carbocycles. The van der Waals surface area contributed by atoms with Gasteiger partial charge in [-0.15, -0.1) is 0 Å². The average molecular weight is 389 g/mol. The zero-order valence-corrected chi connectivity index (χ0v) is 17.4. The lowest BCUT2D eigenvalue weighted by atomic mass is 9.98. The molecular weight excluding hydrogens is 360 g/mol. The first-order valence-electron chi connectivity index (χ1n) is 10.5. The van der Waals surface area contributed by atoms with Crippen molar-refractivity contribution in [2.24, 2.45) is 5.92 Å². The Bertz CT molecular complexity index is 1040. The Balaban J connectivity index is 1.80. The first-order chi connectivity index (χ1) is 14.1. The fraction of sp³-hybridized carbons (Fsp3) is 0.375. The van der Waals surface area contributed by atoms with Gasteiger partial charge in [-0.05, 0) is 55.9 Å². The Kier molecular flexibility index (Phi) is 5.47. The Labute approximate surface area is 172 Å². The van der Waals surface area contributed by atoms with Crippen LogP contribution in [0.25, 0.3) is 11.0 Å². The van der Waals surface area contributed by atoms with Crippen molar-refractivity contribution in [3.63, 3.8) is 0 Å². The van der Waals surface area contributed by atoms with Crippen LogP contribution in [0.1, 0.15) is 48.3 Å². The third-order valence-corrected chi connectivity index (χ3v) is 5.83. The second-order valence-electron chi connectivity index (χ2n) is 7.98. The molecule has 4 rings (SSSR count). The highest BCUT2D eigenvalue weighted by molar-refractivity contribution is 6.07. The number of carbonyl (C=O) groups is 1. The smallest absolute Gasteiger partial charge is 0.257 e. The molecule has 1 N–H and O–H groups in total. The van der Waals surface area contributed by atoms with Gasteiger partial charge in [0.2, 0.25) is 0 Å². The molecule has 0 radical (unpaired) electrons. The van der Waals surface area contributed by atoms with Crippen LogP contribution < -0.4 is 5.32 Å². The molecular formula is C24H28N4O. The second kappa shape index (κ2) is 8.19. The molecule has 0 spiro atoms. The Morgan fingerprint density at radius 3 is 2.69 bits per heavy atom. The van der Waals surface area contributed by atoms with Crippen molar-refractivity contribution in [2.45, 2.75) is 40.0 Å². The Morgan fingerprint density at radius 2 is 1.93 bits per heavy atom. The molecule has 1 saturated heterocycles. The van der Waals surface area contributed by atoms with Crippen molar-refractivity contribution in [2.75, 3.05) is 18.4 Å². The van der Waals surface area contributed by atoms with Gasteiger partial charge in [-0.3, -0.25) is 4.79 Å². The summed E-state index contributed by atoms with van der Waals surface area (Å²) < 4.78 is 0. The maximum absolute atomic E-state index is 13.4. The van der Waals surface area contributed by atoms with Gasteiger partial charge in [0, 0.05) is 36.1 Å². The monoisotopic (exact) mass is 388 g/mol. The standard InChI is InChI=1S/C24H28N4O/c1-4-18-7-5-6-8-21(18)27-22-19-10-9-17(3)26-23(19)25-15-20(22)24(29)28-13-11-16(2)12-14-28/h5-10,15-16H,4,11-14H2,1-3H3,(H,25,26,27). The van der Waals surface area contributed by atoms with Crippen molar-refractivity contribution in [1.29, 1.82) is 0 Å². The first kappa shape index (κ1) is 19.4. The van der Waals surface area contributed by atoms with Gasteiger partial charge >= 0.3 is 0 Å². The summed E-state index contributed by atoms with van der Waals surface area (Å²) in [5.41, 5.74) is 5.21. The highest BCUT2D eigenvalue weighted by atomic mass is 16.2. The SMILES string of the molecule is CCc1ccccc1Nc1c(C(=O)N2CCC(C)CC2)cnc2nc(C)ccc12. The molecule has 0 aliphatic carbocycles. The maximum Gasteiger partial charge on any atom is 0.257 e. The number of nitrogens with one attached hydrogen (secondary N) is 1. The summed E-state index contributed by atoms with van der Waals surface area (Å²) in [4.78, 5) is 24.5. The van der Waals surface area contributed by atoms with E-state index in [1.807, 2.05) is 36.1 Å². The maximum atomic E-state index is 13.4. The normalized spacial score (nSPS) is 14.9. The fourth-order valence-electron chi connectivity index (χ4n) is 3.94. The van der Waals surface area contributed by atoms with Crippen molar-refractivity contribution in [3.8, 4) is 0 Å². The van der Waals surface area contributed by atoms with E-state index in [0.717, 1.165) is 54.8 Å². The predicted octanol–water partition coefficient (Wildman–Crippen LogP) is 5.12. The lowest BCUT2D eigenvalue weighted by molar-refractivity contribution is 0.0698. The Hall–Kier alpha value is -2.95. The van der Waals surface area contributed by atoms with Gasteiger partial charge in [0.1, 0.15) is 0 Å². The molecule has 0 atom stereocenters. The number of hydrogen-bond acceptors (Lipinski definition) is 4. The van der Waals surface area contributed by atoms with Gasteiger partial charge in [0.05, 0.1) is 11.3 Å². The van der Waals surface area contributed by atoms with E-state index >= 15 is 0 Å². The zero-order chi connectivity index (χ0) is 20.4. The summed E-state index contributed by atoms with van der Waals surface area (Å²) in [6.45, 7) is 7.94. The summed E-state index contributed by atoms with van der Waals surface area (Å²) >= 11 is 0. The van der Waals surface area contributed by atoms with Crippen molar-refractivity contribution in [3.05, 3.63) is 59.4 Å². The van der Waals surface area contributed by atoms with E-state index in [2.05, 4.69) is 41.3 Å². The largest absolute Gasteiger partial charge is 0.354 e. The molecule has 5 heteroatoms. The van der Waals surface area contributed by atoms with Crippen LogP contribution in [0.15, 0.2) is 42.6 Å². The summed E-state index contributed by atoms with van der Waals surface area (Å²) in [6.07, 6.45) is 4.70. The van der Waals surface area contributed by atoms with E-state index in [4.69, 9.17) is 0 Å². The second-order valence-corrected chi connectivity index (χ2v) is 7.98. The molecule has 3 aromatic rings. The number of carbonyl (C=O) groups excluding carboxylic acids is 1. The van der Waals surface area contributed by atoms with Crippen LogP contribution in [0.5, 0.6) is 0 Å². The number of para-hydroxylation sites is 1. The van der Waals surface area contributed by atoms with Gasteiger partial charge in [-0.2, -0.15) is 0 Å². The van der Waals surface area contributed by atoms with Crippen molar-refractivity contribution >= 4 is 28.3 Å². The van der Waals surface area contributed by atoms with Crippen LogP contribution in [-0.4, -0.2) is 33.9 Å². The number of aromatic nitrogens is 2. The molecule has 1 aliphatic rings. The van der Waals surface area contributed by atoms with E-state index in [1.54, 1.807) is 6.20 Å². The lowest BCUT2D eigenvalue weighted by Crippen LogP contribution is -2.38. The third kappa shape index (κ3) is 3.95. The molecule has 1 amide bonds. The zero-order valence-electron chi connectivity index (χ0n) is 17.4. The summed E-state index contributed by atoms with van der Waals surface area (Å²) in [6, 6.07) is 12.2. The Morgan fingerprint density at radius 1 is 1.17 bits per heavy atom. The van der Waals surface area contributed by atoms with E-state index in [9.17, 15) is 4.79 Å². The number of nitrogens with zero attached hydrogens (tertiary/aromatic N) is 3. The topological polar surface area (TPSA) is 58.1 Å². The summed E-state index contributed by atoms with van der Waals surface area (Å²) in [5.74, 6) is 0.721. The molecule has 0 unspecified atom stereocenters. The third-order valence-electron chi connectivity index (χ3n) is 5.83. The first-order valence-corrected chi connectivity index (χ1v) is 10.5. The molecule has 0 bridgehead atoms.